The van der Waals surface area contributed by atoms with Gasteiger partial charge in [-0.15, -0.1) is 0 Å². The van der Waals surface area contributed by atoms with Gasteiger partial charge < -0.3 is 4.74 Å². The molecule has 1 heterocycles. The van der Waals surface area contributed by atoms with Crippen molar-refractivity contribution in [3.05, 3.63) is 54.1 Å². The molecule has 0 bridgehead atoms. The maximum atomic E-state index is 14.0. The van der Waals surface area contributed by atoms with Crippen molar-refractivity contribution in [2.24, 2.45) is 4.99 Å². The number of methoxy groups -OCH3 is 1. The zero-order valence-electron chi connectivity index (χ0n) is 10.2. The molecule has 2 rings (SSSR count). The van der Waals surface area contributed by atoms with Crippen molar-refractivity contribution in [3.8, 4) is 5.75 Å². The number of rotatable bonds is 3. The number of pyridine rings is 1. The van der Waals surface area contributed by atoms with E-state index < -0.39 is 5.82 Å². The van der Waals surface area contributed by atoms with Crippen LogP contribution in [0, 0.1) is 5.82 Å². The molecule has 0 spiro atoms. The first-order valence-electron chi connectivity index (χ1n) is 5.48. The summed E-state index contributed by atoms with van der Waals surface area (Å²) in [7, 11) is 1.37. The Balaban J connectivity index is 2.46. The van der Waals surface area contributed by atoms with Gasteiger partial charge in [0.2, 0.25) is 0 Å². The van der Waals surface area contributed by atoms with E-state index in [2.05, 4.69) is 9.98 Å². The van der Waals surface area contributed by atoms with Gasteiger partial charge in [-0.1, -0.05) is 6.07 Å². The van der Waals surface area contributed by atoms with E-state index in [1.54, 1.807) is 30.6 Å². The Bertz CT molecular complexity index is 588. The highest BCUT2D eigenvalue weighted by atomic mass is 19.1. The van der Waals surface area contributed by atoms with E-state index in [0.717, 1.165) is 0 Å². The van der Waals surface area contributed by atoms with Crippen LogP contribution >= 0.6 is 0 Å². The molecule has 0 aliphatic heterocycles. The average molecular weight is 261 g/mol. The molecule has 98 valence electrons. The molecule has 0 fully saturated rings. The SMILES string of the molecule is COc1cccc(C(=Nc2ccncc2)NO)c1F. The number of amidine groups is 1. The van der Waals surface area contributed by atoms with E-state index >= 15 is 0 Å². The normalized spacial score (nSPS) is 11.2. The zero-order valence-corrected chi connectivity index (χ0v) is 10.2. The van der Waals surface area contributed by atoms with Gasteiger partial charge in [0.1, 0.15) is 0 Å². The predicted molar refractivity (Wildman–Crippen MR) is 68.3 cm³/mol. The molecule has 0 aliphatic carbocycles. The molecule has 5 nitrogen and oxygen atoms in total. The first kappa shape index (κ1) is 13.0. The fourth-order valence-corrected chi connectivity index (χ4v) is 1.54. The summed E-state index contributed by atoms with van der Waals surface area (Å²) >= 11 is 0. The van der Waals surface area contributed by atoms with Gasteiger partial charge in [-0.05, 0) is 24.3 Å². The molecule has 0 saturated carbocycles. The van der Waals surface area contributed by atoms with Gasteiger partial charge >= 0.3 is 0 Å². The minimum atomic E-state index is -0.598. The molecular weight excluding hydrogens is 249 g/mol. The third-order valence-corrected chi connectivity index (χ3v) is 2.45. The third kappa shape index (κ3) is 2.86. The Labute approximate surface area is 109 Å². The van der Waals surface area contributed by atoms with Crippen molar-refractivity contribution >= 4 is 11.5 Å². The van der Waals surface area contributed by atoms with Gasteiger partial charge in [-0.2, -0.15) is 0 Å². The minimum absolute atomic E-state index is 0.0115. The lowest BCUT2D eigenvalue weighted by Gasteiger charge is -2.09. The molecule has 19 heavy (non-hydrogen) atoms. The molecule has 0 saturated heterocycles. The number of aliphatic imine (C=N–C) groups is 1. The quantitative estimate of drug-likeness (QED) is 0.505. The minimum Gasteiger partial charge on any atom is -0.494 e. The van der Waals surface area contributed by atoms with Crippen molar-refractivity contribution in [2.75, 3.05) is 7.11 Å². The second-order valence-electron chi connectivity index (χ2n) is 3.60. The summed E-state index contributed by atoms with van der Waals surface area (Å²) in [6, 6.07) is 7.85. The standard InChI is InChI=1S/C13H12FN3O2/c1-19-11-4-2-3-10(12(11)14)13(17-18)16-9-5-7-15-8-6-9/h2-8,18H,1H3,(H,15,16,17). The van der Waals surface area contributed by atoms with E-state index in [0.29, 0.717) is 5.69 Å². The number of hydroxylamine groups is 1. The van der Waals surface area contributed by atoms with Gasteiger partial charge in [0.25, 0.3) is 0 Å². The second-order valence-corrected chi connectivity index (χ2v) is 3.60. The average Bonchev–Trinajstić information content (AvgIpc) is 2.46. The third-order valence-electron chi connectivity index (χ3n) is 2.45. The Kier molecular flexibility index (Phi) is 4.04. The fraction of sp³-hybridized carbons (Fsp3) is 0.0769. The van der Waals surface area contributed by atoms with Crippen LogP contribution in [-0.4, -0.2) is 23.1 Å². The van der Waals surface area contributed by atoms with Crippen LogP contribution in [0.2, 0.25) is 0 Å². The van der Waals surface area contributed by atoms with Crippen LogP contribution < -0.4 is 10.2 Å². The molecule has 0 atom stereocenters. The predicted octanol–water partition coefficient (Wildman–Crippen LogP) is 2.29. The van der Waals surface area contributed by atoms with Crippen molar-refractivity contribution in [3.63, 3.8) is 0 Å². The molecule has 2 N–H and O–H groups in total. The number of hydrogen-bond acceptors (Lipinski definition) is 4. The first-order chi connectivity index (χ1) is 9.26. The van der Waals surface area contributed by atoms with Crippen LogP contribution in [0.4, 0.5) is 10.1 Å². The summed E-state index contributed by atoms with van der Waals surface area (Å²) in [6.45, 7) is 0. The number of nitrogens with zero attached hydrogens (tertiary/aromatic N) is 2. The molecular formula is C13H12FN3O2. The molecule has 0 unspecified atom stereocenters. The topological polar surface area (TPSA) is 66.7 Å². The molecule has 0 aliphatic rings. The van der Waals surface area contributed by atoms with Crippen LogP contribution in [0.25, 0.3) is 0 Å². The van der Waals surface area contributed by atoms with Crippen LogP contribution in [0.3, 0.4) is 0 Å². The van der Waals surface area contributed by atoms with Crippen molar-refractivity contribution < 1.29 is 14.3 Å². The van der Waals surface area contributed by atoms with Crippen LogP contribution in [0.5, 0.6) is 5.75 Å². The molecule has 1 aromatic heterocycles. The van der Waals surface area contributed by atoms with Gasteiger partial charge in [-0.3, -0.25) is 15.7 Å². The monoisotopic (exact) mass is 261 g/mol. The molecule has 0 amide bonds. The van der Waals surface area contributed by atoms with E-state index in [4.69, 9.17) is 9.94 Å². The highest BCUT2D eigenvalue weighted by Gasteiger charge is 2.13. The van der Waals surface area contributed by atoms with E-state index in [-0.39, 0.29) is 17.1 Å². The maximum Gasteiger partial charge on any atom is 0.176 e. The van der Waals surface area contributed by atoms with Crippen LogP contribution in [0.15, 0.2) is 47.7 Å². The van der Waals surface area contributed by atoms with Crippen LogP contribution in [0.1, 0.15) is 5.56 Å². The highest BCUT2D eigenvalue weighted by Crippen LogP contribution is 2.21. The van der Waals surface area contributed by atoms with E-state index in [1.807, 2.05) is 5.48 Å². The van der Waals surface area contributed by atoms with Gasteiger partial charge in [0, 0.05) is 12.4 Å². The number of hydrogen-bond donors (Lipinski definition) is 2. The number of halogens is 1. The van der Waals surface area contributed by atoms with E-state index in [1.165, 1.54) is 19.2 Å². The summed E-state index contributed by atoms with van der Waals surface area (Å²) in [5.74, 6) is -0.530. The van der Waals surface area contributed by atoms with Gasteiger partial charge in [0.05, 0.1) is 18.4 Å². The largest absolute Gasteiger partial charge is 0.494 e. The van der Waals surface area contributed by atoms with Crippen LogP contribution in [-0.2, 0) is 0 Å². The lowest BCUT2D eigenvalue weighted by atomic mass is 10.2. The number of nitrogens with one attached hydrogen (secondary N) is 1. The maximum absolute atomic E-state index is 14.0. The molecule has 6 heteroatoms. The molecule has 0 radical (unpaired) electrons. The molecule has 1 aromatic carbocycles. The summed E-state index contributed by atoms with van der Waals surface area (Å²) in [5.41, 5.74) is 2.54. The van der Waals surface area contributed by atoms with E-state index in [9.17, 15) is 4.39 Å². The van der Waals surface area contributed by atoms with Gasteiger partial charge in [0.15, 0.2) is 17.4 Å². The van der Waals surface area contributed by atoms with Crippen molar-refractivity contribution in [2.45, 2.75) is 0 Å². The van der Waals surface area contributed by atoms with Gasteiger partial charge in [-0.25, -0.2) is 9.38 Å². The smallest absolute Gasteiger partial charge is 0.176 e. The number of benzene rings is 1. The summed E-state index contributed by atoms with van der Waals surface area (Å²) in [6.07, 6.45) is 3.10. The Morgan fingerprint density at radius 2 is 2.05 bits per heavy atom. The summed E-state index contributed by atoms with van der Waals surface area (Å²) in [4.78, 5) is 7.95. The van der Waals surface area contributed by atoms with Crippen molar-refractivity contribution in [1.29, 1.82) is 0 Å². The zero-order chi connectivity index (χ0) is 13.7. The summed E-state index contributed by atoms with van der Waals surface area (Å²) < 4.78 is 18.9. The first-order valence-corrected chi connectivity index (χ1v) is 5.48. The molecule has 2 aromatic rings. The highest BCUT2D eigenvalue weighted by molar-refractivity contribution is 6.00. The lowest BCUT2D eigenvalue weighted by Crippen LogP contribution is -2.21. The number of aromatic nitrogens is 1. The summed E-state index contributed by atoms with van der Waals surface area (Å²) in [5, 5.41) is 9.12. The second kappa shape index (κ2) is 5.92. The lowest BCUT2D eigenvalue weighted by molar-refractivity contribution is 0.234. The van der Waals surface area contributed by atoms with Crippen molar-refractivity contribution in [1.82, 2.24) is 10.5 Å². The Morgan fingerprint density at radius 1 is 1.32 bits per heavy atom. The Hall–Kier alpha value is -2.47. The fourth-order valence-electron chi connectivity index (χ4n) is 1.54. The number of ether oxygens (including phenoxy) is 1. The Morgan fingerprint density at radius 3 is 2.68 bits per heavy atom.